The SMILES string of the molecule is O=C(C=Cc1ccc(C=CC(=O)c2ccsc2)cc1)NO. The van der Waals surface area contributed by atoms with Crippen LogP contribution in [-0.4, -0.2) is 16.9 Å². The van der Waals surface area contributed by atoms with Crippen LogP contribution in [0, 0.1) is 0 Å². The Morgan fingerprint density at radius 1 is 1.00 bits per heavy atom. The highest BCUT2D eigenvalue weighted by atomic mass is 32.1. The minimum Gasteiger partial charge on any atom is -0.289 e. The Hall–Kier alpha value is -2.50. The zero-order valence-corrected chi connectivity index (χ0v) is 11.8. The van der Waals surface area contributed by atoms with Crippen LogP contribution in [0.4, 0.5) is 0 Å². The number of hydrogen-bond acceptors (Lipinski definition) is 4. The molecule has 0 saturated heterocycles. The average molecular weight is 299 g/mol. The molecule has 0 bridgehead atoms. The molecule has 0 spiro atoms. The molecule has 21 heavy (non-hydrogen) atoms. The van der Waals surface area contributed by atoms with Crippen LogP contribution in [0.2, 0.25) is 0 Å². The number of nitrogens with one attached hydrogen (secondary N) is 1. The maximum absolute atomic E-state index is 11.8. The van der Waals surface area contributed by atoms with Gasteiger partial charge in [0.05, 0.1) is 0 Å². The minimum atomic E-state index is -0.583. The Kier molecular flexibility index (Phi) is 5.20. The van der Waals surface area contributed by atoms with Crippen molar-refractivity contribution < 1.29 is 14.8 Å². The molecule has 4 nitrogen and oxygen atoms in total. The van der Waals surface area contributed by atoms with Crippen molar-refractivity contribution in [3.8, 4) is 0 Å². The normalized spacial score (nSPS) is 11.1. The molecule has 1 aromatic heterocycles. The number of rotatable bonds is 5. The van der Waals surface area contributed by atoms with Gasteiger partial charge in [0, 0.05) is 17.0 Å². The number of benzene rings is 1. The summed E-state index contributed by atoms with van der Waals surface area (Å²) in [6, 6.07) is 9.10. The molecule has 0 radical (unpaired) electrons. The maximum atomic E-state index is 11.8. The van der Waals surface area contributed by atoms with E-state index in [1.54, 1.807) is 18.2 Å². The molecule has 1 aromatic carbocycles. The summed E-state index contributed by atoms with van der Waals surface area (Å²) >= 11 is 1.49. The second-order valence-electron chi connectivity index (χ2n) is 4.19. The summed E-state index contributed by atoms with van der Waals surface area (Å²) in [6.07, 6.45) is 6.08. The zero-order valence-electron chi connectivity index (χ0n) is 11.0. The number of hydrogen-bond donors (Lipinski definition) is 2. The third kappa shape index (κ3) is 4.52. The number of thiophene rings is 1. The van der Waals surface area contributed by atoms with E-state index in [2.05, 4.69) is 0 Å². The summed E-state index contributed by atoms with van der Waals surface area (Å²) in [5.74, 6) is -0.611. The Morgan fingerprint density at radius 3 is 2.14 bits per heavy atom. The van der Waals surface area contributed by atoms with Gasteiger partial charge in [-0.2, -0.15) is 11.3 Å². The van der Waals surface area contributed by atoms with Crippen LogP contribution < -0.4 is 5.48 Å². The molecule has 0 aliphatic carbocycles. The van der Waals surface area contributed by atoms with Crippen molar-refractivity contribution in [2.45, 2.75) is 0 Å². The van der Waals surface area contributed by atoms with E-state index in [1.165, 1.54) is 29.0 Å². The molecule has 2 aromatic rings. The molecule has 2 rings (SSSR count). The van der Waals surface area contributed by atoms with Crippen molar-refractivity contribution in [1.29, 1.82) is 0 Å². The first-order valence-electron chi connectivity index (χ1n) is 6.16. The van der Waals surface area contributed by atoms with E-state index in [-0.39, 0.29) is 5.78 Å². The van der Waals surface area contributed by atoms with E-state index in [0.717, 1.165) is 11.1 Å². The molecule has 2 N–H and O–H groups in total. The smallest absolute Gasteiger partial charge is 0.267 e. The van der Waals surface area contributed by atoms with Crippen LogP contribution in [0.3, 0.4) is 0 Å². The van der Waals surface area contributed by atoms with Crippen LogP contribution in [0.25, 0.3) is 12.2 Å². The first kappa shape index (κ1) is 14.9. The maximum Gasteiger partial charge on any atom is 0.267 e. The van der Waals surface area contributed by atoms with Crippen LogP contribution in [0.15, 0.2) is 53.2 Å². The molecule has 5 heteroatoms. The van der Waals surface area contributed by atoms with Crippen LogP contribution >= 0.6 is 11.3 Å². The molecule has 0 aliphatic heterocycles. The van der Waals surface area contributed by atoms with E-state index in [1.807, 2.05) is 35.0 Å². The van der Waals surface area contributed by atoms with Crippen molar-refractivity contribution in [3.05, 3.63) is 69.9 Å². The van der Waals surface area contributed by atoms with Gasteiger partial charge in [-0.15, -0.1) is 0 Å². The van der Waals surface area contributed by atoms with Gasteiger partial charge in [-0.05, 0) is 34.7 Å². The highest BCUT2D eigenvalue weighted by Gasteiger charge is 2.00. The fraction of sp³-hybridized carbons (Fsp3) is 0. The highest BCUT2D eigenvalue weighted by molar-refractivity contribution is 7.08. The monoisotopic (exact) mass is 299 g/mol. The third-order valence-electron chi connectivity index (χ3n) is 2.71. The van der Waals surface area contributed by atoms with Gasteiger partial charge < -0.3 is 0 Å². The van der Waals surface area contributed by atoms with E-state index in [4.69, 9.17) is 5.21 Å². The van der Waals surface area contributed by atoms with Crippen LogP contribution in [0.5, 0.6) is 0 Å². The summed E-state index contributed by atoms with van der Waals surface area (Å²) in [5, 5.41) is 12.0. The molecule has 0 unspecified atom stereocenters. The van der Waals surface area contributed by atoms with Gasteiger partial charge in [-0.1, -0.05) is 30.3 Å². The Morgan fingerprint density at radius 2 is 1.62 bits per heavy atom. The molecule has 1 amide bonds. The van der Waals surface area contributed by atoms with Crippen molar-refractivity contribution >= 4 is 35.2 Å². The highest BCUT2D eigenvalue weighted by Crippen LogP contribution is 2.11. The van der Waals surface area contributed by atoms with Gasteiger partial charge in [-0.3, -0.25) is 14.8 Å². The van der Waals surface area contributed by atoms with E-state index < -0.39 is 5.91 Å². The molecule has 1 heterocycles. The summed E-state index contributed by atoms with van der Waals surface area (Å²) < 4.78 is 0. The lowest BCUT2D eigenvalue weighted by atomic mass is 10.1. The van der Waals surface area contributed by atoms with E-state index >= 15 is 0 Å². The molecule has 0 aliphatic rings. The lowest BCUT2D eigenvalue weighted by molar-refractivity contribution is -0.124. The van der Waals surface area contributed by atoms with Crippen molar-refractivity contribution in [3.63, 3.8) is 0 Å². The quantitative estimate of drug-likeness (QED) is 0.386. The number of hydroxylamine groups is 1. The number of amides is 1. The minimum absolute atomic E-state index is 0.0279. The Bertz CT molecular complexity index is 670. The van der Waals surface area contributed by atoms with Crippen LogP contribution in [-0.2, 0) is 4.79 Å². The van der Waals surface area contributed by atoms with E-state index in [9.17, 15) is 9.59 Å². The lowest BCUT2D eigenvalue weighted by Crippen LogP contribution is -2.14. The van der Waals surface area contributed by atoms with Crippen LogP contribution in [0.1, 0.15) is 21.5 Å². The fourth-order valence-electron chi connectivity index (χ4n) is 1.60. The third-order valence-corrected chi connectivity index (χ3v) is 3.39. The molecule has 0 fully saturated rings. The second kappa shape index (κ2) is 7.33. The zero-order chi connectivity index (χ0) is 15.1. The first-order chi connectivity index (χ1) is 10.2. The topological polar surface area (TPSA) is 66.4 Å². The second-order valence-corrected chi connectivity index (χ2v) is 4.97. The molecular formula is C16H13NO3S. The van der Waals surface area contributed by atoms with Gasteiger partial charge >= 0.3 is 0 Å². The number of ketones is 1. The number of carbonyl (C=O) groups is 2. The van der Waals surface area contributed by atoms with Gasteiger partial charge in [-0.25, -0.2) is 5.48 Å². The fourth-order valence-corrected chi connectivity index (χ4v) is 2.25. The molecule has 0 saturated carbocycles. The molecule has 106 valence electrons. The lowest BCUT2D eigenvalue weighted by Gasteiger charge is -1.96. The van der Waals surface area contributed by atoms with Gasteiger partial charge in [0.25, 0.3) is 5.91 Å². The van der Waals surface area contributed by atoms with Crippen molar-refractivity contribution in [2.24, 2.45) is 0 Å². The number of carbonyl (C=O) groups excluding carboxylic acids is 2. The summed E-state index contributed by atoms with van der Waals surface area (Å²) in [5.41, 5.74) is 3.92. The summed E-state index contributed by atoms with van der Waals surface area (Å²) in [6.45, 7) is 0. The Balaban J connectivity index is 2.01. The van der Waals surface area contributed by atoms with E-state index in [0.29, 0.717) is 5.56 Å². The Labute approximate surface area is 126 Å². The van der Waals surface area contributed by atoms with Crippen molar-refractivity contribution in [1.82, 2.24) is 5.48 Å². The standard InChI is InChI=1S/C16H13NO3S/c18-15(14-9-10-21-11-14)7-5-12-1-3-13(4-2-12)6-8-16(19)17-20/h1-11,20H,(H,17,19). The predicted molar refractivity (Wildman–Crippen MR) is 83.1 cm³/mol. The summed E-state index contributed by atoms with van der Waals surface area (Å²) in [7, 11) is 0. The van der Waals surface area contributed by atoms with Gasteiger partial charge in [0.15, 0.2) is 5.78 Å². The van der Waals surface area contributed by atoms with Gasteiger partial charge in [0.2, 0.25) is 0 Å². The largest absolute Gasteiger partial charge is 0.289 e. The summed E-state index contributed by atoms with van der Waals surface area (Å²) in [4.78, 5) is 22.6. The van der Waals surface area contributed by atoms with Gasteiger partial charge in [0.1, 0.15) is 0 Å². The average Bonchev–Trinajstić information content (AvgIpc) is 3.05. The predicted octanol–water partition coefficient (Wildman–Crippen LogP) is 3.16. The molecule has 0 atom stereocenters. The molecular weight excluding hydrogens is 286 g/mol. The van der Waals surface area contributed by atoms with Crippen molar-refractivity contribution in [2.75, 3.05) is 0 Å². The first-order valence-corrected chi connectivity index (χ1v) is 7.10. The number of allylic oxidation sites excluding steroid dienone is 1.